The summed E-state index contributed by atoms with van der Waals surface area (Å²) < 4.78 is 0. The standard InChI is InChI=1S/C13H17ClN2/c1-12-5-6-13(2,16-12)10(7-12)9-3-4-11(14)15-8-9/h3-4,8,10,16H,5-7H2,1-2H3. The Labute approximate surface area is 101 Å². The van der Waals surface area contributed by atoms with Crippen molar-refractivity contribution in [2.75, 3.05) is 0 Å². The lowest BCUT2D eigenvalue weighted by molar-refractivity contribution is 0.361. The third-order valence-corrected chi connectivity index (χ3v) is 4.58. The molecule has 2 nitrogen and oxygen atoms in total. The number of rotatable bonds is 1. The molecule has 1 aromatic heterocycles. The normalized spacial score (nSPS) is 41.6. The Morgan fingerprint density at radius 1 is 1.38 bits per heavy atom. The van der Waals surface area contributed by atoms with Crippen LogP contribution in [0.5, 0.6) is 0 Å². The van der Waals surface area contributed by atoms with Crippen molar-refractivity contribution >= 4 is 11.6 Å². The quantitative estimate of drug-likeness (QED) is 0.758. The molecule has 3 heteroatoms. The van der Waals surface area contributed by atoms with Crippen LogP contribution in [0.25, 0.3) is 0 Å². The number of pyridine rings is 1. The highest BCUT2D eigenvalue weighted by atomic mass is 35.5. The number of nitrogens with zero attached hydrogens (tertiary/aromatic N) is 1. The Morgan fingerprint density at radius 2 is 2.19 bits per heavy atom. The van der Waals surface area contributed by atoms with Crippen molar-refractivity contribution in [3.05, 3.63) is 29.0 Å². The van der Waals surface area contributed by atoms with E-state index in [-0.39, 0.29) is 5.54 Å². The van der Waals surface area contributed by atoms with Gasteiger partial charge in [-0.05, 0) is 44.7 Å². The zero-order chi connectivity index (χ0) is 11.4. The Morgan fingerprint density at radius 3 is 2.69 bits per heavy atom. The Hall–Kier alpha value is -0.600. The molecule has 3 unspecified atom stereocenters. The molecule has 3 heterocycles. The van der Waals surface area contributed by atoms with Crippen LogP contribution in [0, 0.1) is 0 Å². The number of nitrogens with one attached hydrogen (secondary N) is 1. The molecule has 2 fully saturated rings. The second-order valence-electron chi connectivity index (χ2n) is 5.77. The maximum Gasteiger partial charge on any atom is 0.129 e. The van der Waals surface area contributed by atoms with Gasteiger partial charge in [-0.15, -0.1) is 0 Å². The van der Waals surface area contributed by atoms with Gasteiger partial charge in [0, 0.05) is 23.2 Å². The van der Waals surface area contributed by atoms with Gasteiger partial charge in [-0.2, -0.15) is 0 Å². The zero-order valence-electron chi connectivity index (χ0n) is 9.76. The summed E-state index contributed by atoms with van der Waals surface area (Å²) in [6, 6.07) is 4.02. The van der Waals surface area contributed by atoms with E-state index in [0.717, 1.165) is 0 Å². The van der Waals surface area contributed by atoms with E-state index < -0.39 is 0 Å². The fourth-order valence-corrected chi connectivity index (χ4v) is 3.63. The smallest absolute Gasteiger partial charge is 0.129 e. The lowest BCUT2D eigenvalue weighted by Gasteiger charge is -2.31. The van der Waals surface area contributed by atoms with Gasteiger partial charge < -0.3 is 5.32 Å². The predicted molar refractivity (Wildman–Crippen MR) is 65.8 cm³/mol. The first-order chi connectivity index (χ1) is 7.51. The molecule has 3 rings (SSSR count). The second-order valence-corrected chi connectivity index (χ2v) is 6.16. The molecule has 0 aliphatic carbocycles. The lowest BCUT2D eigenvalue weighted by Crippen LogP contribution is -2.39. The van der Waals surface area contributed by atoms with Crippen LogP contribution >= 0.6 is 11.6 Å². The van der Waals surface area contributed by atoms with Crippen LogP contribution in [0.4, 0.5) is 0 Å². The summed E-state index contributed by atoms with van der Waals surface area (Å²) in [6.07, 6.45) is 5.70. The average Bonchev–Trinajstić information content (AvgIpc) is 2.68. The monoisotopic (exact) mass is 236 g/mol. The number of hydrogen-bond acceptors (Lipinski definition) is 2. The van der Waals surface area contributed by atoms with Gasteiger partial charge >= 0.3 is 0 Å². The Balaban J connectivity index is 1.95. The van der Waals surface area contributed by atoms with Gasteiger partial charge in [-0.1, -0.05) is 17.7 Å². The molecular formula is C13H17ClN2. The van der Waals surface area contributed by atoms with E-state index in [9.17, 15) is 0 Å². The minimum atomic E-state index is 0.254. The third-order valence-electron chi connectivity index (χ3n) is 4.36. The molecule has 2 saturated heterocycles. The number of aromatic nitrogens is 1. The van der Waals surface area contributed by atoms with Crippen molar-refractivity contribution < 1.29 is 0 Å². The van der Waals surface area contributed by atoms with Gasteiger partial charge in [-0.3, -0.25) is 0 Å². The molecule has 16 heavy (non-hydrogen) atoms. The summed E-state index contributed by atoms with van der Waals surface area (Å²) in [5, 5.41) is 4.36. The molecule has 2 aliphatic rings. The van der Waals surface area contributed by atoms with Gasteiger partial charge in [-0.25, -0.2) is 4.98 Å². The summed E-state index contributed by atoms with van der Waals surface area (Å²) in [7, 11) is 0. The van der Waals surface area contributed by atoms with E-state index in [4.69, 9.17) is 11.6 Å². The van der Waals surface area contributed by atoms with Crippen molar-refractivity contribution in [3.8, 4) is 0 Å². The number of halogens is 1. The first-order valence-corrected chi connectivity index (χ1v) is 6.29. The van der Waals surface area contributed by atoms with Crippen molar-refractivity contribution in [2.24, 2.45) is 0 Å². The number of fused-ring (bicyclic) bond motifs is 2. The van der Waals surface area contributed by atoms with Gasteiger partial charge in [0.05, 0.1) is 0 Å². The molecule has 0 amide bonds. The number of hydrogen-bond donors (Lipinski definition) is 1. The van der Waals surface area contributed by atoms with Gasteiger partial charge in [0.1, 0.15) is 5.15 Å². The molecule has 0 saturated carbocycles. The zero-order valence-corrected chi connectivity index (χ0v) is 10.5. The summed E-state index contributed by atoms with van der Waals surface area (Å²) in [5.41, 5.74) is 1.91. The largest absolute Gasteiger partial charge is 0.306 e. The summed E-state index contributed by atoms with van der Waals surface area (Å²) in [6.45, 7) is 4.67. The molecule has 2 aliphatic heterocycles. The van der Waals surface area contributed by atoms with Crippen LogP contribution in [0.1, 0.15) is 44.6 Å². The van der Waals surface area contributed by atoms with E-state index in [1.807, 2.05) is 12.3 Å². The van der Waals surface area contributed by atoms with E-state index >= 15 is 0 Å². The molecule has 1 N–H and O–H groups in total. The first kappa shape index (κ1) is 10.5. The molecule has 3 atom stereocenters. The minimum Gasteiger partial charge on any atom is -0.306 e. The van der Waals surface area contributed by atoms with Crippen molar-refractivity contribution in [1.82, 2.24) is 10.3 Å². The van der Waals surface area contributed by atoms with Crippen LogP contribution < -0.4 is 5.32 Å². The SMILES string of the molecule is CC12CCC(C)(N1)C(c1ccc(Cl)nc1)C2. The average molecular weight is 237 g/mol. The maximum atomic E-state index is 5.83. The highest BCUT2D eigenvalue weighted by Gasteiger charge is 2.54. The Bertz CT molecular complexity index is 416. The third kappa shape index (κ3) is 1.47. The van der Waals surface area contributed by atoms with Crippen molar-refractivity contribution in [1.29, 1.82) is 0 Å². The van der Waals surface area contributed by atoms with Crippen LogP contribution in [-0.4, -0.2) is 16.1 Å². The predicted octanol–water partition coefficient (Wildman–Crippen LogP) is 3.12. The van der Waals surface area contributed by atoms with Crippen LogP contribution in [0.2, 0.25) is 5.15 Å². The van der Waals surface area contributed by atoms with Crippen molar-refractivity contribution in [3.63, 3.8) is 0 Å². The van der Waals surface area contributed by atoms with Crippen LogP contribution in [0.15, 0.2) is 18.3 Å². The van der Waals surface area contributed by atoms with Gasteiger partial charge in [0.25, 0.3) is 0 Å². The summed E-state index contributed by atoms with van der Waals surface area (Å²) >= 11 is 5.83. The van der Waals surface area contributed by atoms with Gasteiger partial charge in [0.15, 0.2) is 0 Å². The van der Waals surface area contributed by atoms with Gasteiger partial charge in [0.2, 0.25) is 0 Å². The van der Waals surface area contributed by atoms with E-state index in [2.05, 4.69) is 30.2 Å². The lowest BCUT2D eigenvalue weighted by atomic mass is 9.73. The molecular weight excluding hydrogens is 220 g/mol. The van der Waals surface area contributed by atoms with Crippen LogP contribution in [0.3, 0.4) is 0 Å². The molecule has 0 spiro atoms. The fourth-order valence-electron chi connectivity index (χ4n) is 3.52. The molecule has 0 radical (unpaired) electrons. The minimum absolute atomic E-state index is 0.254. The van der Waals surface area contributed by atoms with E-state index in [1.165, 1.54) is 24.8 Å². The van der Waals surface area contributed by atoms with E-state index in [1.54, 1.807) is 0 Å². The van der Waals surface area contributed by atoms with Crippen molar-refractivity contribution in [2.45, 2.75) is 50.1 Å². The topological polar surface area (TPSA) is 24.9 Å². The highest BCUT2D eigenvalue weighted by Crippen LogP contribution is 2.52. The fraction of sp³-hybridized carbons (Fsp3) is 0.615. The van der Waals surface area contributed by atoms with Crippen LogP contribution in [-0.2, 0) is 0 Å². The first-order valence-electron chi connectivity index (χ1n) is 5.92. The molecule has 86 valence electrons. The molecule has 1 aromatic rings. The maximum absolute atomic E-state index is 5.83. The molecule has 2 bridgehead atoms. The second kappa shape index (κ2) is 3.21. The van der Waals surface area contributed by atoms with E-state index in [0.29, 0.717) is 16.6 Å². The molecule has 0 aromatic carbocycles. The summed E-state index contributed by atoms with van der Waals surface area (Å²) in [5.74, 6) is 0.580. The Kier molecular flexibility index (Phi) is 2.11. The highest BCUT2D eigenvalue weighted by molar-refractivity contribution is 6.29. The summed E-state index contributed by atoms with van der Waals surface area (Å²) in [4.78, 5) is 4.20.